The molecule has 6 rings (SSSR count). The summed E-state index contributed by atoms with van der Waals surface area (Å²) in [7, 11) is 0.269. The normalized spacial score (nSPS) is 20.9. The average Bonchev–Trinajstić information content (AvgIpc) is 3.72. The van der Waals surface area contributed by atoms with Crippen LogP contribution in [0.15, 0.2) is 17.1 Å². The second-order valence-electron chi connectivity index (χ2n) is 10.8. The number of aromatic amines is 1. The number of rotatable bonds is 8. The van der Waals surface area contributed by atoms with Gasteiger partial charge in [-0.3, -0.25) is 14.6 Å². The maximum Gasteiger partial charge on any atom is 0.264 e. The minimum atomic E-state index is -3.26. The van der Waals surface area contributed by atoms with Crippen LogP contribution in [0.4, 0.5) is 11.6 Å². The summed E-state index contributed by atoms with van der Waals surface area (Å²) < 4.78 is 29.2. The number of hydrogen-bond acceptors (Lipinski definition) is 7. The molecular formula is C24H34N8O3S. The van der Waals surface area contributed by atoms with Gasteiger partial charge in [0.2, 0.25) is 10.0 Å². The summed E-state index contributed by atoms with van der Waals surface area (Å²) in [6.07, 6.45) is 9.73. The third kappa shape index (κ3) is 4.00. The van der Waals surface area contributed by atoms with Crippen LogP contribution < -0.4 is 16.2 Å². The molecule has 3 aromatic rings. The number of anilines is 2. The van der Waals surface area contributed by atoms with Crippen molar-refractivity contribution >= 4 is 32.6 Å². The van der Waals surface area contributed by atoms with E-state index in [2.05, 4.69) is 15.1 Å². The molecule has 12 heteroatoms. The fourth-order valence-corrected chi connectivity index (χ4v) is 6.35. The Morgan fingerprint density at radius 3 is 2.56 bits per heavy atom. The maximum atomic E-state index is 13.5. The third-order valence-electron chi connectivity index (χ3n) is 8.15. The number of likely N-dealkylation sites (N-methyl/N-ethyl adjacent to an activating group) is 1. The molecule has 0 amide bonds. The summed E-state index contributed by atoms with van der Waals surface area (Å²) in [5, 5.41) is 12.4. The van der Waals surface area contributed by atoms with Crippen molar-refractivity contribution in [3.05, 3.63) is 22.6 Å². The molecule has 2 saturated carbocycles. The highest BCUT2D eigenvalue weighted by Crippen LogP contribution is 2.52. The van der Waals surface area contributed by atoms with Gasteiger partial charge in [0.15, 0.2) is 5.82 Å². The first kappa shape index (κ1) is 23.5. The van der Waals surface area contributed by atoms with Crippen molar-refractivity contribution in [3.8, 4) is 11.3 Å². The number of pyridine rings is 1. The van der Waals surface area contributed by atoms with Crippen molar-refractivity contribution in [1.29, 1.82) is 0 Å². The zero-order valence-electron chi connectivity index (χ0n) is 21.0. The first-order chi connectivity index (χ1) is 17.1. The lowest BCUT2D eigenvalue weighted by molar-refractivity contribution is 0.386. The molecule has 194 valence electrons. The quantitative estimate of drug-likeness (QED) is 0.469. The number of nitrogen functional groups attached to an aromatic ring is 1. The summed E-state index contributed by atoms with van der Waals surface area (Å²) in [4.78, 5) is 15.8. The Balaban J connectivity index is 1.41. The molecule has 1 atom stereocenters. The van der Waals surface area contributed by atoms with Crippen LogP contribution in [0.5, 0.6) is 0 Å². The Labute approximate surface area is 210 Å². The van der Waals surface area contributed by atoms with Crippen LogP contribution in [0.2, 0.25) is 0 Å². The van der Waals surface area contributed by atoms with Gasteiger partial charge in [-0.15, -0.1) is 0 Å². The van der Waals surface area contributed by atoms with E-state index in [1.807, 2.05) is 28.6 Å². The number of H-pyrrole nitrogens is 1. The van der Waals surface area contributed by atoms with E-state index in [-0.39, 0.29) is 23.5 Å². The predicted octanol–water partition coefficient (Wildman–Crippen LogP) is 1.93. The zero-order chi connectivity index (χ0) is 25.4. The van der Waals surface area contributed by atoms with E-state index in [1.165, 1.54) is 10.6 Å². The smallest absolute Gasteiger partial charge is 0.264 e. The molecule has 4 heterocycles. The van der Waals surface area contributed by atoms with Crippen molar-refractivity contribution in [2.45, 2.75) is 50.6 Å². The van der Waals surface area contributed by atoms with Gasteiger partial charge in [-0.25, -0.2) is 12.7 Å². The Hall–Kier alpha value is -2.86. The molecule has 1 saturated heterocycles. The number of hydrogen-bond donors (Lipinski definition) is 2. The highest BCUT2D eigenvalue weighted by atomic mass is 32.2. The minimum absolute atomic E-state index is 0.0684. The van der Waals surface area contributed by atoms with Crippen LogP contribution in [-0.2, 0) is 17.1 Å². The Morgan fingerprint density at radius 1 is 1.22 bits per heavy atom. The van der Waals surface area contributed by atoms with E-state index >= 15 is 0 Å². The van der Waals surface area contributed by atoms with Gasteiger partial charge in [0.1, 0.15) is 11.2 Å². The van der Waals surface area contributed by atoms with Crippen LogP contribution in [0.3, 0.4) is 0 Å². The van der Waals surface area contributed by atoms with Gasteiger partial charge in [-0.2, -0.15) is 10.2 Å². The molecule has 3 aliphatic rings. The highest BCUT2D eigenvalue weighted by molar-refractivity contribution is 7.88. The lowest BCUT2D eigenvalue weighted by Gasteiger charge is -2.29. The Morgan fingerprint density at radius 2 is 1.92 bits per heavy atom. The molecule has 3 aromatic heterocycles. The van der Waals surface area contributed by atoms with E-state index in [9.17, 15) is 13.2 Å². The van der Waals surface area contributed by atoms with Crippen LogP contribution >= 0.6 is 0 Å². The molecule has 0 bridgehead atoms. The van der Waals surface area contributed by atoms with Crippen molar-refractivity contribution in [2.24, 2.45) is 18.9 Å². The van der Waals surface area contributed by atoms with E-state index in [0.717, 1.165) is 62.1 Å². The number of sulfonamides is 1. The Kier molecular flexibility index (Phi) is 5.45. The lowest BCUT2D eigenvalue weighted by Crippen LogP contribution is -2.41. The number of nitrogens with two attached hydrogens (primary N) is 1. The van der Waals surface area contributed by atoms with Gasteiger partial charge >= 0.3 is 0 Å². The molecule has 3 fully saturated rings. The summed E-state index contributed by atoms with van der Waals surface area (Å²) in [5.74, 6) is 2.24. The van der Waals surface area contributed by atoms with E-state index in [1.54, 1.807) is 7.05 Å². The molecule has 1 aliphatic heterocycles. The van der Waals surface area contributed by atoms with Crippen LogP contribution in [0.25, 0.3) is 22.2 Å². The molecule has 0 aromatic carbocycles. The van der Waals surface area contributed by atoms with E-state index in [4.69, 9.17) is 10.8 Å². The SMILES string of the molecule is CN(C[C@H]1CCCN1c1cc(-c2cn(C(C3CC3)C3CC3)c(=O)c3c(N)n[nH]c23)nn1C)S(C)(=O)=O. The van der Waals surface area contributed by atoms with Gasteiger partial charge < -0.3 is 15.2 Å². The summed E-state index contributed by atoms with van der Waals surface area (Å²) in [6.45, 7) is 1.26. The van der Waals surface area contributed by atoms with Gasteiger partial charge in [-0.1, -0.05) is 0 Å². The highest BCUT2D eigenvalue weighted by Gasteiger charge is 2.43. The van der Waals surface area contributed by atoms with Crippen LogP contribution in [0.1, 0.15) is 44.6 Å². The number of nitrogens with zero attached hydrogens (tertiary/aromatic N) is 6. The van der Waals surface area contributed by atoms with Gasteiger partial charge in [0, 0.05) is 57.1 Å². The lowest BCUT2D eigenvalue weighted by atomic mass is 10.0. The number of nitrogens with one attached hydrogen (secondary N) is 1. The fourth-order valence-electron chi connectivity index (χ4n) is 5.91. The van der Waals surface area contributed by atoms with Gasteiger partial charge in [0.25, 0.3) is 5.56 Å². The molecule has 11 nitrogen and oxygen atoms in total. The first-order valence-corrected chi connectivity index (χ1v) is 14.6. The van der Waals surface area contributed by atoms with Crippen molar-refractivity contribution in [2.75, 3.05) is 37.0 Å². The van der Waals surface area contributed by atoms with Gasteiger partial charge in [-0.05, 0) is 50.4 Å². The number of fused-ring (bicyclic) bond motifs is 1. The molecule has 0 radical (unpaired) electrons. The minimum Gasteiger partial charge on any atom is -0.382 e. The largest absolute Gasteiger partial charge is 0.382 e. The zero-order valence-corrected chi connectivity index (χ0v) is 21.8. The topological polar surface area (TPSA) is 135 Å². The molecule has 0 unspecified atom stereocenters. The average molecular weight is 515 g/mol. The third-order valence-corrected chi connectivity index (χ3v) is 9.43. The van der Waals surface area contributed by atoms with Gasteiger partial charge in [0.05, 0.1) is 17.5 Å². The van der Waals surface area contributed by atoms with Crippen molar-refractivity contribution in [3.63, 3.8) is 0 Å². The molecule has 36 heavy (non-hydrogen) atoms. The summed E-state index contributed by atoms with van der Waals surface area (Å²) >= 11 is 0. The van der Waals surface area contributed by atoms with E-state index < -0.39 is 10.0 Å². The monoisotopic (exact) mass is 514 g/mol. The molecule has 0 spiro atoms. The number of aromatic nitrogens is 5. The van der Waals surface area contributed by atoms with Crippen LogP contribution in [0, 0.1) is 11.8 Å². The van der Waals surface area contributed by atoms with E-state index in [0.29, 0.717) is 29.3 Å². The van der Waals surface area contributed by atoms with Crippen LogP contribution in [-0.4, -0.2) is 69.7 Å². The molecular weight excluding hydrogens is 480 g/mol. The maximum absolute atomic E-state index is 13.5. The predicted molar refractivity (Wildman–Crippen MR) is 139 cm³/mol. The Bertz CT molecular complexity index is 1470. The van der Waals surface area contributed by atoms with Crippen molar-refractivity contribution < 1.29 is 8.42 Å². The fraction of sp³-hybridized carbons (Fsp3) is 0.625. The second-order valence-corrected chi connectivity index (χ2v) is 12.9. The second kappa shape index (κ2) is 8.34. The molecule has 3 N–H and O–H groups in total. The summed E-state index contributed by atoms with van der Waals surface area (Å²) in [5.41, 5.74) is 8.25. The first-order valence-electron chi connectivity index (χ1n) is 12.7. The molecule has 2 aliphatic carbocycles. The number of aryl methyl sites for hydroxylation is 1. The van der Waals surface area contributed by atoms with Crippen molar-refractivity contribution in [1.82, 2.24) is 28.9 Å². The summed E-state index contributed by atoms with van der Waals surface area (Å²) in [6, 6.07) is 2.30. The standard InChI is InChI=1S/C24H34N8O3S/c1-29(36(3,34)35)12-16-5-4-10-31(16)19-11-18(28-30(19)2)17-13-32(22(14-6-7-14)15-8-9-15)24(33)20-21(17)26-27-23(20)25/h11,13-16,22H,4-10,12H2,1-3H3,(H3,25,26,27)/t16-/m1/s1.